The molecule has 3 aromatic heterocycles. The molecular weight excluding hydrogens is 392 g/mol. The van der Waals surface area contributed by atoms with Crippen molar-refractivity contribution in [1.29, 1.82) is 0 Å². The van der Waals surface area contributed by atoms with Gasteiger partial charge in [-0.3, -0.25) is 18.7 Å². The van der Waals surface area contributed by atoms with Gasteiger partial charge in [-0.25, -0.2) is 19.6 Å². The number of H-pyrrole nitrogens is 1. The number of nitrogens with one attached hydrogen (secondary N) is 2. The van der Waals surface area contributed by atoms with Gasteiger partial charge in [-0.05, 0) is 30.0 Å². The Morgan fingerprint density at radius 3 is 2.93 bits per heavy atom. The third-order valence-electron chi connectivity index (χ3n) is 5.07. The number of aromatic nitrogens is 5. The molecule has 0 bridgehead atoms. The molecular formula is C19H14N6O5. The van der Waals surface area contributed by atoms with Crippen LogP contribution in [0.3, 0.4) is 0 Å². The number of amides is 1. The first kappa shape index (κ1) is 17.8. The van der Waals surface area contributed by atoms with E-state index in [1.165, 1.54) is 22.9 Å². The largest absolute Gasteiger partial charge is 0.477 e. The minimum atomic E-state index is -1.18. The monoisotopic (exact) mass is 406 g/mol. The van der Waals surface area contributed by atoms with Crippen LogP contribution in [-0.4, -0.2) is 41.5 Å². The topological polar surface area (TPSA) is 155 Å². The van der Waals surface area contributed by atoms with Gasteiger partial charge in [0.1, 0.15) is 11.4 Å². The minimum absolute atomic E-state index is 0.0173. The fourth-order valence-corrected chi connectivity index (χ4v) is 3.69. The highest BCUT2D eigenvalue weighted by molar-refractivity contribution is 5.96. The first-order valence-electron chi connectivity index (χ1n) is 9.07. The molecule has 5 rings (SSSR count). The van der Waals surface area contributed by atoms with Crippen molar-refractivity contribution >= 4 is 17.7 Å². The van der Waals surface area contributed by atoms with Crippen LogP contribution >= 0.6 is 0 Å². The molecule has 11 nitrogen and oxygen atoms in total. The predicted molar refractivity (Wildman–Crippen MR) is 101 cm³/mol. The van der Waals surface area contributed by atoms with E-state index < -0.39 is 17.6 Å². The number of aryl methyl sites for hydroxylation is 1. The van der Waals surface area contributed by atoms with Crippen molar-refractivity contribution in [2.24, 2.45) is 0 Å². The van der Waals surface area contributed by atoms with E-state index in [1.54, 1.807) is 6.07 Å². The number of fused-ring (bicyclic) bond motifs is 2. The Labute approximate surface area is 167 Å². The molecule has 0 saturated heterocycles. The molecule has 4 aromatic rings. The maximum absolute atomic E-state index is 12.8. The van der Waals surface area contributed by atoms with Crippen molar-refractivity contribution in [3.8, 4) is 11.4 Å². The number of carboxylic acid groups (broad SMARTS) is 1. The summed E-state index contributed by atoms with van der Waals surface area (Å²) in [6.45, 7) is 0. The molecule has 30 heavy (non-hydrogen) atoms. The van der Waals surface area contributed by atoms with Crippen molar-refractivity contribution in [2.45, 2.75) is 18.9 Å². The van der Waals surface area contributed by atoms with Crippen LogP contribution in [0, 0.1) is 0 Å². The molecule has 0 aliphatic heterocycles. The zero-order valence-electron chi connectivity index (χ0n) is 15.3. The molecule has 1 aliphatic rings. The van der Waals surface area contributed by atoms with Gasteiger partial charge in [0, 0.05) is 24.0 Å². The Hall–Kier alpha value is -4.28. The molecule has 0 unspecified atom stereocenters. The van der Waals surface area contributed by atoms with E-state index in [2.05, 4.69) is 29.9 Å². The van der Waals surface area contributed by atoms with Crippen LogP contribution in [-0.2, 0) is 6.42 Å². The number of nitrogens with zero attached hydrogens (tertiary/aromatic N) is 4. The summed E-state index contributed by atoms with van der Waals surface area (Å²) in [5, 5.41) is 16.0. The Balaban J connectivity index is 1.41. The lowest BCUT2D eigenvalue weighted by Gasteiger charge is -2.14. The summed E-state index contributed by atoms with van der Waals surface area (Å²) >= 11 is 0. The van der Waals surface area contributed by atoms with E-state index >= 15 is 0 Å². The van der Waals surface area contributed by atoms with E-state index in [-0.39, 0.29) is 23.2 Å². The lowest BCUT2D eigenvalue weighted by atomic mass is 10.0. The molecule has 150 valence electrons. The zero-order chi connectivity index (χ0) is 20.8. The number of carbonyl (C=O) groups excluding carboxylic acids is 1. The van der Waals surface area contributed by atoms with Gasteiger partial charge in [0.05, 0.1) is 6.04 Å². The normalized spacial score (nSPS) is 15.3. The number of hydrogen-bond donors (Lipinski definition) is 3. The fourth-order valence-electron chi connectivity index (χ4n) is 3.69. The van der Waals surface area contributed by atoms with Crippen LogP contribution in [0.5, 0.6) is 0 Å². The summed E-state index contributed by atoms with van der Waals surface area (Å²) < 4.78 is 5.84. The molecule has 1 amide bonds. The number of aromatic amines is 1. The first-order valence-corrected chi connectivity index (χ1v) is 9.07. The van der Waals surface area contributed by atoms with E-state index in [1.807, 2.05) is 12.1 Å². The zero-order valence-corrected chi connectivity index (χ0v) is 15.3. The van der Waals surface area contributed by atoms with Gasteiger partial charge in [-0.2, -0.15) is 0 Å². The van der Waals surface area contributed by atoms with Gasteiger partial charge in [-0.1, -0.05) is 17.3 Å². The highest BCUT2D eigenvalue weighted by Crippen LogP contribution is 2.33. The molecule has 0 spiro atoms. The lowest BCUT2D eigenvalue weighted by Crippen LogP contribution is -2.28. The molecule has 0 saturated carbocycles. The van der Waals surface area contributed by atoms with Crippen LogP contribution < -0.4 is 11.1 Å². The van der Waals surface area contributed by atoms with E-state index in [9.17, 15) is 19.5 Å². The number of rotatable bonds is 4. The van der Waals surface area contributed by atoms with E-state index in [0.717, 1.165) is 17.5 Å². The molecule has 0 fully saturated rings. The predicted octanol–water partition coefficient (Wildman–Crippen LogP) is 1.19. The lowest BCUT2D eigenvalue weighted by molar-refractivity contribution is 0.0688. The first-order chi connectivity index (χ1) is 14.5. The van der Waals surface area contributed by atoms with Crippen molar-refractivity contribution in [2.75, 3.05) is 0 Å². The number of hydrogen-bond acceptors (Lipinski definition) is 7. The number of carboxylic acids is 1. The van der Waals surface area contributed by atoms with Crippen LogP contribution in [0.15, 0.2) is 46.0 Å². The minimum Gasteiger partial charge on any atom is -0.477 e. The van der Waals surface area contributed by atoms with Gasteiger partial charge in [-0.15, -0.1) is 0 Å². The highest BCUT2D eigenvalue weighted by atomic mass is 16.5. The second-order valence-electron chi connectivity index (χ2n) is 6.85. The van der Waals surface area contributed by atoms with Crippen LogP contribution in [0.1, 0.15) is 44.6 Å². The Morgan fingerprint density at radius 1 is 1.30 bits per heavy atom. The Kier molecular flexibility index (Phi) is 3.95. The SMILES string of the molecule is O=C(N[C@H]1CCc2cc(-c3noc(=O)[nH]3)ccc21)c1cc(C(=O)O)n2ccnc2n1. The molecule has 11 heteroatoms. The molecule has 1 atom stereocenters. The number of aromatic carboxylic acids is 1. The standard InChI is InChI=1S/C19H14N6O5/c26-16(13-8-14(17(27)28)25-6-5-20-18(25)22-13)21-12-4-2-9-7-10(1-3-11(9)12)15-23-19(29)30-24-15/h1,3,5-8,12H,2,4H2,(H,21,26)(H,27,28)(H,23,24,29)/t12-/m0/s1. The number of imidazole rings is 1. The maximum Gasteiger partial charge on any atom is 0.439 e. The third-order valence-corrected chi connectivity index (χ3v) is 5.07. The molecule has 1 aromatic carbocycles. The van der Waals surface area contributed by atoms with Gasteiger partial charge in [0.25, 0.3) is 5.91 Å². The average molecular weight is 406 g/mol. The Morgan fingerprint density at radius 2 is 2.17 bits per heavy atom. The van der Waals surface area contributed by atoms with Crippen molar-refractivity contribution in [1.82, 2.24) is 29.8 Å². The smallest absolute Gasteiger partial charge is 0.439 e. The molecule has 0 radical (unpaired) electrons. The van der Waals surface area contributed by atoms with Crippen LogP contribution in [0.4, 0.5) is 0 Å². The number of benzene rings is 1. The van der Waals surface area contributed by atoms with Crippen molar-refractivity contribution in [3.63, 3.8) is 0 Å². The summed E-state index contributed by atoms with van der Waals surface area (Å²) in [4.78, 5) is 46.1. The quantitative estimate of drug-likeness (QED) is 0.456. The second kappa shape index (κ2) is 6.65. The van der Waals surface area contributed by atoms with Crippen LogP contribution in [0.25, 0.3) is 17.2 Å². The number of carbonyl (C=O) groups is 2. The van der Waals surface area contributed by atoms with Crippen molar-refractivity contribution in [3.05, 3.63) is 69.7 Å². The summed E-state index contributed by atoms with van der Waals surface area (Å²) in [6, 6.07) is 6.53. The third kappa shape index (κ3) is 2.92. The summed E-state index contributed by atoms with van der Waals surface area (Å²) in [5.74, 6) is -1.81. The van der Waals surface area contributed by atoms with Gasteiger partial charge in [0.15, 0.2) is 5.82 Å². The summed E-state index contributed by atoms with van der Waals surface area (Å²) in [7, 11) is 0. The van der Waals surface area contributed by atoms with Crippen LogP contribution in [0.2, 0.25) is 0 Å². The Bertz CT molecular complexity index is 1370. The fraction of sp³-hybridized carbons (Fsp3) is 0.158. The highest BCUT2D eigenvalue weighted by Gasteiger charge is 2.26. The second-order valence-corrected chi connectivity index (χ2v) is 6.85. The average Bonchev–Trinajstić information content (AvgIpc) is 3.46. The van der Waals surface area contributed by atoms with Gasteiger partial charge in [0.2, 0.25) is 5.78 Å². The molecule has 1 aliphatic carbocycles. The molecule has 3 N–H and O–H groups in total. The molecule has 3 heterocycles. The van der Waals surface area contributed by atoms with Crippen molar-refractivity contribution < 1.29 is 19.2 Å². The van der Waals surface area contributed by atoms with E-state index in [0.29, 0.717) is 17.8 Å². The maximum atomic E-state index is 12.8. The van der Waals surface area contributed by atoms with Gasteiger partial charge < -0.3 is 10.4 Å². The van der Waals surface area contributed by atoms with E-state index in [4.69, 9.17) is 0 Å². The summed E-state index contributed by atoms with van der Waals surface area (Å²) in [6.07, 6.45) is 4.30. The summed E-state index contributed by atoms with van der Waals surface area (Å²) in [5.41, 5.74) is 2.56. The van der Waals surface area contributed by atoms with Gasteiger partial charge >= 0.3 is 11.7 Å².